The second kappa shape index (κ2) is 6.25. The van der Waals surface area contributed by atoms with Crippen LogP contribution in [0.5, 0.6) is 23.0 Å². The average molecular weight is 389 g/mol. The van der Waals surface area contributed by atoms with Gasteiger partial charge < -0.3 is 25.0 Å². The summed E-state index contributed by atoms with van der Waals surface area (Å²) in [7, 11) is 0. The second-order valence-electron chi connectivity index (χ2n) is 7.12. The number of rotatable bonds is 3. The third-order valence-electron chi connectivity index (χ3n) is 5.50. The van der Waals surface area contributed by atoms with Crippen LogP contribution >= 0.6 is 0 Å². The van der Waals surface area contributed by atoms with E-state index in [1.165, 1.54) is 6.07 Å². The maximum atomic E-state index is 12.8. The Labute approximate surface area is 167 Å². The molecule has 3 aromatic carbocycles. The number of phenolic OH excluding ortho intramolecular Hbond substituents is 2. The Hall–Kier alpha value is -3.51. The van der Waals surface area contributed by atoms with Gasteiger partial charge in [-0.15, -0.1) is 0 Å². The zero-order valence-electron chi connectivity index (χ0n) is 15.7. The minimum Gasteiger partial charge on any atom is -0.508 e. The van der Waals surface area contributed by atoms with Gasteiger partial charge in [-0.3, -0.25) is 0 Å². The summed E-state index contributed by atoms with van der Waals surface area (Å²) in [6.45, 7) is 3.06. The molecule has 0 saturated carbocycles. The van der Waals surface area contributed by atoms with Gasteiger partial charge in [-0.2, -0.15) is 0 Å². The van der Waals surface area contributed by atoms with Crippen molar-refractivity contribution in [2.75, 3.05) is 6.54 Å². The van der Waals surface area contributed by atoms with Crippen LogP contribution in [0.25, 0.3) is 0 Å². The summed E-state index contributed by atoms with van der Waals surface area (Å²) in [4.78, 5) is 12.8. The smallest absolute Gasteiger partial charge is 0.340 e. The van der Waals surface area contributed by atoms with E-state index in [2.05, 4.69) is 5.32 Å². The standard InChI is InChI=1S/C23H19NO5/c1-2-24-12-15-19(26)10-9-18-21(15)28-20-11-13(25)7-8-17(20)23(18)16-6-4-3-5-14(16)22(27)29-23/h3-11,24-26H,2,12H2,1H3. The lowest BCUT2D eigenvalue weighted by Crippen LogP contribution is -2.33. The number of fused-ring (bicyclic) bond motifs is 6. The molecule has 0 aliphatic carbocycles. The largest absolute Gasteiger partial charge is 0.508 e. The first kappa shape index (κ1) is 17.6. The molecule has 1 spiro atoms. The van der Waals surface area contributed by atoms with Crippen LogP contribution < -0.4 is 10.1 Å². The Morgan fingerprint density at radius 1 is 1.00 bits per heavy atom. The van der Waals surface area contributed by atoms with E-state index in [-0.39, 0.29) is 11.5 Å². The van der Waals surface area contributed by atoms with Crippen molar-refractivity contribution in [1.82, 2.24) is 5.32 Å². The Kier molecular flexibility index (Phi) is 3.79. The average Bonchev–Trinajstić information content (AvgIpc) is 3.01. The third kappa shape index (κ3) is 2.36. The number of hydrogen-bond donors (Lipinski definition) is 3. The molecule has 29 heavy (non-hydrogen) atoms. The molecule has 6 nitrogen and oxygen atoms in total. The second-order valence-corrected chi connectivity index (χ2v) is 7.12. The van der Waals surface area contributed by atoms with Gasteiger partial charge in [0.2, 0.25) is 0 Å². The van der Waals surface area contributed by atoms with Crippen molar-refractivity contribution in [1.29, 1.82) is 0 Å². The fourth-order valence-electron chi connectivity index (χ4n) is 4.19. The molecule has 0 aromatic heterocycles. The molecule has 0 radical (unpaired) electrons. The summed E-state index contributed by atoms with van der Waals surface area (Å²) in [6, 6.07) is 15.3. The maximum absolute atomic E-state index is 12.8. The van der Waals surface area contributed by atoms with Crippen molar-refractivity contribution in [3.05, 3.63) is 82.4 Å². The van der Waals surface area contributed by atoms with E-state index < -0.39 is 11.6 Å². The van der Waals surface area contributed by atoms with Crippen molar-refractivity contribution >= 4 is 5.97 Å². The topological polar surface area (TPSA) is 88.0 Å². The number of hydrogen-bond acceptors (Lipinski definition) is 6. The van der Waals surface area contributed by atoms with Crippen LogP contribution in [0, 0.1) is 0 Å². The molecular formula is C23H19NO5. The lowest BCUT2D eigenvalue weighted by Gasteiger charge is -2.37. The summed E-state index contributed by atoms with van der Waals surface area (Å²) >= 11 is 0. The van der Waals surface area contributed by atoms with Gasteiger partial charge >= 0.3 is 5.97 Å². The molecule has 0 saturated heterocycles. The molecule has 146 valence electrons. The van der Waals surface area contributed by atoms with Crippen molar-refractivity contribution in [3.63, 3.8) is 0 Å². The zero-order chi connectivity index (χ0) is 20.2. The van der Waals surface area contributed by atoms with Crippen LogP contribution in [-0.4, -0.2) is 22.7 Å². The summed E-state index contributed by atoms with van der Waals surface area (Å²) in [5.41, 5.74) is 1.82. The van der Waals surface area contributed by atoms with E-state index in [0.29, 0.717) is 52.4 Å². The predicted octanol–water partition coefficient (Wildman–Crippen LogP) is 3.78. The number of benzene rings is 3. The summed E-state index contributed by atoms with van der Waals surface area (Å²) in [6.07, 6.45) is 0. The first-order valence-electron chi connectivity index (χ1n) is 9.46. The van der Waals surface area contributed by atoms with Crippen LogP contribution in [0.3, 0.4) is 0 Å². The monoisotopic (exact) mass is 389 g/mol. The van der Waals surface area contributed by atoms with Crippen LogP contribution in [0.1, 0.15) is 39.5 Å². The van der Waals surface area contributed by atoms with Crippen LogP contribution in [0.15, 0.2) is 54.6 Å². The van der Waals surface area contributed by atoms with Gasteiger partial charge in [0.15, 0.2) is 5.60 Å². The minimum absolute atomic E-state index is 0.0355. The van der Waals surface area contributed by atoms with Gasteiger partial charge in [-0.05, 0) is 36.9 Å². The number of esters is 1. The molecule has 0 bridgehead atoms. The van der Waals surface area contributed by atoms with Gasteiger partial charge in [0.25, 0.3) is 0 Å². The fourth-order valence-corrected chi connectivity index (χ4v) is 4.19. The molecule has 1 unspecified atom stereocenters. The maximum Gasteiger partial charge on any atom is 0.340 e. The van der Waals surface area contributed by atoms with Crippen molar-refractivity contribution in [3.8, 4) is 23.0 Å². The number of ether oxygens (including phenoxy) is 2. The van der Waals surface area contributed by atoms with Gasteiger partial charge in [0.05, 0.1) is 11.1 Å². The van der Waals surface area contributed by atoms with Crippen molar-refractivity contribution in [2.24, 2.45) is 0 Å². The number of phenols is 2. The molecule has 2 aliphatic rings. The summed E-state index contributed by atoms with van der Waals surface area (Å²) in [5, 5.41) is 23.7. The zero-order valence-corrected chi connectivity index (χ0v) is 15.7. The first-order chi connectivity index (χ1) is 14.1. The number of aromatic hydroxyl groups is 2. The molecule has 3 aromatic rings. The predicted molar refractivity (Wildman–Crippen MR) is 105 cm³/mol. The van der Waals surface area contributed by atoms with E-state index in [9.17, 15) is 15.0 Å². The van der Waals surface area contributed by atoms with Crippen molar-refractivity contribution in [2.45, 2.75) is 19.1 Å². The Morgan fingerprint density at radius 3 is 2.62 bits per heavy atom. The quantitative estimate of drug-likeness (QED) is 0.591. The number of carbonyl (C=O) groups excluding carboxylic acids is 1. The van der Waals surface area contributed by atoms with Gasteiger partial charge in [-0.1, -0.05) is 25.1 Å². The number of carbonyl (C=O) groups is 1. The molecule has 3 N–H and O–H groups in total. The van der Waals surface area contributed by atoms with E-state index in [1.807, 2.05) is 19.1 Å². The fraction of sp³-hybridized carbons (Fsp3) is 0.174. The highest BCUT2D eigenvalue weighted by Gasteiger charge is 2.54. The van der Waals surface area contributed by atoms with Crippen LogP contribution in [-0.2, 0) is 16.9 Å². The lowest BCUT2D eigenvalue weighted by atomic mass is 9.77. The van der Waals surface area contributed by atoms with Crippen molar-refractivity contribution < 1.29 is 24.5 Å². The molecular weight excluding hydrogens is 370 g/mol. The molecule has 2 heterocycles. The highest BCUT2D eigenvalue weighted by molar-refractivity contribution is 5.97. The summed E-state index contributed by atoms with van der Waals surface area (Å²) in [5.74, 6) is 0.502. The SMILES string of the molecule is CCNCc1c(O)ccc2c1Oc1cc(O)ccc1C21OC(=O)c2ccccc21. The van der Waals surface area contributed by atoms with E-state index in [0.717, 1.165) is 0 Å². The molecule has 0 fully saturated rings. The third-order valence-corrected chi connectivity index (χ3v) is 5.50. The molecule has 5 rings (SSSR count). The minimum atomic E-state index is -1.21. The number of nitrogens with one attached hydrogen (secondary N) is 1. The molecule has 2 aliphatic heterocycles. The molecule has 6 heteroatoms. The highest BCUT2D eigenvalue weighted by atomic mass is 16.6. The van der Waals surface area contributed by atoms with Gasteiger partial charge in [0, 0.05) is 29.3 Å². The highest BCUT2D eigenvalue weighted by Crippen LogP contribution is 2.57. The molecule has 1 atom stereocenters. The van der Waals surface area contributed by atoms with E-state index >= 15 is 0 Å². The van der Waals surface area contributed by atoms with Gasteiger partial charge in [0.1, 0.15) is 23.0 Å². The van der Waals surface area contributed by atoms with E-state index in [1.54, 1.807) is 36.4 Å². The van der Waals surface area contributed by atoms with Gasteiger partial charge in [-0.25, -0.2) is 4.79 Å². The Bertz CT molecular complexity index is 1160. The van der Waals surface area contributed by atoms with Crippen LogP contribution in [0.4, 0.5) is 0 Å². The first-order valence-corrected chi connectivity index (χ1v) is 9.46. The Balaban J connectivity index is 1.86. The normalized spacial score (nSPS) is 18.6. The molecule has 0 amide bonds. The van der Waals surface area contributed by atoms with Crippen LogP contribution in [0.2, 0.25) is 0 Å². The summed E-state index contributed by atoms with van der Waals surface area (Å²) < 4.78 is 12.2. The van der Waals surface area contributed by atoms with E-state index in [4.69, 9.17) is 9.47 Å². The Morgan fingerprint density at radius 2 is 1.79 bits per heavy atom. The lowest BCUT2D eigenvalue weighted by molar-refractivity contribution is 0.0223.